The highest BCUT2D eigenvalue weighted by Crippen LogP contribution is 1.91. The van der Waals surface area contributed by atoms with E-state index in [-0.39, 0.29) is 18.1 Å². The Hall–Kier alpha value is -0.830. The monoisotopic (exact) mass is 171 g/mol. The minimum atomic E-state index is -0.266. The molecule has 0 aliphatic rings. The number of esters is 1. The van der Waals surface area contributed by atoms with Crippen molar-refractivity contribution in [1.82, 2.24) is 5.32 Å². The quantitative estimate of drug-likeness (QED) is 0.497. The number of rotatable bonds is 5. The van der Waals surface area contributed by atoms with Gasteiger partial charge in [0, 0.05) is 6.04 Å². The smallest absolute Gasteiger partial charge is 0.322 e. The van der Waals surface area contributed by atoms with Gasteiger partial charge in [0.2, 0.25) is 0 Å². The van der Waals surface area contributed by atoms with Gasteiger partial charge in [-0.2, -0.15) is 0 Å². The molecule has 0 fully saturated rings. The molecule has 0 saturated carbocycles. The number of carbonyl (C=O) groups is 1. The summed E-state index contributed by atoms with van der Waals surface area (Å²) in [6.45, 7) is 9.53. The van der Waals surface area contributed by atoms with Crippen molar-refractivity contribution in [1.29, 1.82) is 0 Å². The second kappa shape index (κ2) is 5.77. The van der Waals surface area contributed by atoms with Crippen LogP contribution in [0.5, 0.6) is 0 Å². The van der Waals surface area contributed by atoms with Gasteiger partial charge < -0.3 is 4.74 Å². The van der Waals surface area contributed by atoms with Gasteiger partial charge in [-0.05, 0) is 20.8 Å². The standard InChI is InChI=1S/C9H17NO2/c1-5-7(3)10-8(4)9(11)12-6-2/h5,7-8,10H,1,6H2,2-4H3. The van der Waals surface area contributed by atoms with Crippen LogP contribution in [0, 0.1) is 0 Å². The van der Waals surface area contributed by atoms with E-state index in [2.05, 4.69) is 11.9 Å². The zero-order valence-electron chi connectivity index (χ0n) is 7.96. The van der Waals surface area contributed by atoms with Crippen molar-refractivity contribution >= 4 is 5.97 Å². The molecular formula is C9H17NO2. The molecule has 70 valence electrons. The number of hydrogen-bond acceptors (Lipinski definition) is 3. The summed E-state index contributed by atoms with van der Waals surface area (Å²) in [6.07, 6.45) is 1.75. The molecule has 0 aromatic carbocycles. The Balaban J connectivity index is 3.77. The normalized spacial score (nSPS) is 14.9. The summed E-state index contributed by atoms with van der Waals surface area (Å²) < 4.78 is 4.81. The van der Waals surface area contributed by atoms with Gasteiger partial charge in [0.1, 0.15) is 6.04 Å². The van der Waals surface area contributed by atoms with E-state index in [9.17, 15) is 4.79 Å². The second-order valence-electron chi connectivity index (χ2n) is 2.66. The van der Waals surface area contributed by atoms with Gasteiger partial charge in [0.25, 0.3) is 0 Å². The van der Waals surface area contributed by atoms with Crippen molar-refractivity contribution in [2.75, 3.05) is 6.61 Å². The van der Waals surface area contributed by atoms with Crippen molar-refractivity contribution in [3.8, 4) is 0 Å². The first kappa shape index (κ1) is 11.2. The molecule has 0 saturated heterocycles. The van der Waals surface area contributed by atoms with Gasteiger partial charge in [-0.3, -0.25) is 10.1 Å². The van der Waals surface area contributed by atoms with Crippen LogP contribution < -0.4 is 5.32 Å². The van der Waals surface area contributed by atoms with Crippen LogP contribution >= 0.6 is 0 Å². The van der Waals surface area contributed by atoms with Crippen LogP contribution in [-0.2, 0) is 9.53 Å². The fraction of sp³-hybridized carbons (Fsp3) is 0.667. The van der Waals surface area contributed by atoms with Crippen LogP contribution in [0.3, 0.4) is 0 Å². The molecule has 0 bridgehead atoms. The van der Waals surface area contributed by atoms with E-state index in [4.69, 9.17) is 4.74 Å². The van der Waals surface area contributed by atoms with E-state index in [0.29, 0.717) is 6.61 Å². The molecule has 0 aliphatic heterocycles. The van der Waals surface area contributed by atoms with Crippen molar-refractivity contribution < 1.29 is 9.53 Å². The second-order valence-corrected chi connectivity index (χ2v) is 2.66. The third kappa shape index (κ3) is 4.13. The predicted octanol–water partition coefficient (Wildman–Crippen LogP) is 1.10. The van der Waals surface area contributed by atoms with E-state index in [1.807, 2.05) is 6.92 Å². The number of ether oxygens (including phenoxy) is 1. The summed E-state index contributed by atoms with van der Waals surface area (Å²) in [6, 6.07) is -0.137. The van der Waals surface area contributed by atoms with Crippen LogP contribution in [-0.4, -0.2) is 24.7 Å². The Bertz CT molecular complexity index is 157. The molecular weight excluding hydrogens is 154 g/mol. The lowest BCUT2D eigenvalue weighted by atomic mass is 10.2. The summed E-state index contributed by atoms with van der Waals surface area (Å²) >= 11 is 0. The van der Waals surface area contributed by atoms with Crippen LogP contribution in [0.1, 0.15) is 20.8 Å². The molecule has 0 spiro atoms. The maximum Gasteiger partial charge on any atom is 0.322 e. The number of nitrogens with one attached hydrogen (secondary N) is 1. The van der Waals surface area contributed by atoms with Crippen LogP contribution in [0.4, 0.5) is 0 Å². The highest BCUT2D eigenvalue weighted by molar-refractivity contribution is 5.75. The van der Waals surface area contributed by atoms with Crippen LogP contribution in [0.2, 0.25) is 0 Å². The topological polar surface area (TPSA) is 38.3 Å². The van der Waals surface area contributed by atoms with Crippen LogP contribution in [0.25, 0.3) is 0 Å². The molecule has 0 heterocycles. The van der Waals surface area contributed by atoms with Gasteiger partial charge in [-0.15, -0.1) is 6.58 Å². The highest BCUT2D eigenvalue weighted by Gasteiger charge is 2.13. The van der Waals surface area contributed by atoms with E-state index >= 15 is 0 Å². The molecule has 2 atom stereocenters. The van der Waals surface area contributed by atoms with Crippen molar-refractivity contribution in [3.05, 3.63) is 12.7 Å². The third-order valence-electron chi connectivity index (χ3n) is 1.51. The summed E-state index contributed by atoms with van der Waals surface area (Å²) in [5.41, 5.74) is 0. The summed E-state index contributed by atoms with van der Waals surface area (Å²) in [5.74, 6) is -0.216. The Labute approximate surface area is 73.8 Å². The highest BCUT2D eigenvalue weighted by atomic mass is 16.5. The van der Waals surface area contributed by atoms with Crippen molar-refractivity contribution in [2.45, 2.75) is 32.9 Å². The van der Waals surface area contributed by atoms with E-state index in [0.717, 1.165) is 0 Å². The lowest BCUT2D eigenvalue weighted by Gasteiger charge is -2.15. The first-order chi connectivity index (χ1) is 5.61. The summed E-state index contributed by atoms with van der Waals surface area (Å²) in [5, 5.41) is 3.02. The Kier molecular flexibility index (Phi) is 5.37. The molecule has 12 heavy (non-hydrogen) atoms. The molecule has 0 aromatic heterocycles. The summed E-state index contributed by atoms with van der Waals surface area (Å²) in [7, 11) is 0. The molecule has 2 unspecified atom stereocenters. The first-order valence-electron chi connectivity index (χ1n) is 4.17. The molecule has 1 N–H and O–H groups in total. The maximum atomic E-state index is 11.1. The number of carbonyl (C=O) groups excluding carboxylic acids is 1. The van der Waals surface area contributed by atoms with E-state index in [1.54, 1.807) is 19.9 Å². The first-order valence-corrected chi connectivity index (χ1v) is 4.17. The van der Waals surface area contributed by atoms with E-state index in [1.165, 1.54) is 0 Å². The molecule has 0 rings (SSSR count). The molecule has 3 nitrogen and oxygen atoms in total. The van der Waals surface area contributed by atoms with E-state index < -0.39 is 0 Å². The van der Waals surface area contributed by atoms with Crippen molar-refractivity contribution in [2.24, 2.45) is 0 Å². The van der Waals surface area contributed by atoms with Gasteiger partial charge in [-0.25, -0.2) is 0 Å². The molecule has 0 radical (unpaired) electrons. The Morgan fingerprint density at radius 2 is 2.25 bits per heavy atom. The van der Waals surface area contributed by atoms with Crippen LogP contribution in [0.15, 0.2) is 12.7 Å². The van der Waals surface area contributed by atoms with Crippen molar-refractivity contribution in [3.63, 3.8) is 0 Å². The fourth-order valence-electron chi connectivity index (χ4n) is 0.798. The molecule has 0 aromatic rings. The fourth-order valence-corrected chi connectivity index (χ4v) is 0.798. The molecule has 3 heteroatoms. The minimum Gasteiger partial charge on any atom is -0.465 e. The Morgan fingerprint density at radius 3 is 2.67 bits per heavy atom. The van der Waals surface area contributed by atoms with Gasteiger partial charge in [-0.1, -0.05) is 6.08 Å². The average Bonchev–Trinajstić information content (AvgIpc) is 2.04. The van der Waals surface area contributed by atoms with Gasteiger partial charge >= 0.3 is 5.97 Å². The Morgan fingerprint density at radius 1 is 1.67 bits per heavy atom. The molecule has 0 amide bonds. The zero-order chi connectivity index (χ0) is 9.56. The number of hydrogen-bond donors (Lipinski definition) is 1. The predicted molar refractivity (Wildman–Crippen MR) is 48.9 cm³/mol. The van der Waals surface area contributed by atoms with Gasteiger partial charge in [0.05, 0.1) is 6.61 Å². The lowest BCUT2D eigenvalue weighted by Crippen LogP contribution is -2.39. The largest absolute Gasteiger partial charge is 0.465 e. The average molecular weight is 171 g/mol. The third-order valence-corrected chi connectivity index (χ3v) is 1.51. The SMILES string of the molecule is C=CC(C)NC(C)C(=O)OCC. The maximum absolute atomic E-state index is 11.1. The zero-order valence-corrected chi connectivity index (χ0v) is 7.96. The molecule has 0 aliphatic carbocycles. The minimum absolute atomic E-state index is 0.129. The summed E-state index contributed by atoms with van der Waals surface area (Å²) in [4.78, 5) is 11.1. The lowest BCUT2D eigenvalue weighted by molar-refractivity contribution is -0.145. The van der Waals surface area contributed by atoms with Gasteiger partial charge in [0.15, 0.2) is 0 Å².